The SMILES string of the molecule is C[C@H](NC(=O)[C@H](C)NC(=O)[C@H](CO)NC(=O)[C@H](CCCCN)NC(=O)[C@@H](N)CO)C(=O)N[C@@H](CC(=O)O)C(=O)O. The molecular formula is C22H39N7O11. The Hall–Kier alpha value is -3.87. The van der Waals surface area contributed by atoms with E-state index >= 15 is 0 Å². The molecule has 0 heterocycles. The van der Waals surface area contributed by atoms with Gasteiger partial charge in [0.1, 0.15) is 36.3 Å². The van der Waals surface area contributed by atoms with Gasteiger partial charge < -0.3 is 58.5 Å². The average molecular weight is 578 g/mol. The lowest BCUT2D eigenvalue weighted by atomic mass is 10.1. The lowest BCUT2D eigenvalue weighted by Crippen LogP contribution is -2.59. The van der Waals surface area contributed by atoms with Gasteiger partial charge in [0, 0.05) is 0 Å². The number of hydrogen-bond acceptors (Lipinski definition) is 11. The Kier molecular flexibility index (Phi) is 16.6. The van der Waals surface area contributed by atoms with E-state index < -0.39 is 97.4 Å². The first-order valence-corrected chi connectivity index (χ1v) is 12.3. The number of hydrogen-bond donors (Lipinski definition) is 11. The Labute approximate surface area is 229 Å². The summed E-state index contributed by atoms with van der Waals surface area (Å²) in [5, 5.41) is 47.5. The second kappa shape index (κ2) is 18.4. The highest BCUT2D eigenvalue weighted by Gasteiger charge is 2.30. The Morgan fingerprint density at radius 2 is 1.12 bits per heavy atom. The molecule has 40 heavy (non-hydrogen) atoms. The first-order valence-electron chi connectivity index (χ1n) is 12.3. The molecule has 0 unspecified atom stereocenters. The van der Waals surface area contributed by atoms with Gasteiger partial charge in [0.05, 0.1) is 19.6 Å². The highest BCUT2D eigenvalue weighted by molar-refractivity contribution is 5.96. The van der Waals surface area contributed by atoms with Crippen LogP contribution in [0.25, 0.3) is 0 Å². The van der Waals surface area contributed by atoms with Crippen LogP contribution in [-0.4, -0.2) is 118 Å². The van der Waals surface area contributed by atoms with Crippen molar-refractivity contribution in [1.82, 2.24) is 26.6 Å². The summed E-state index contributed by atoms with van der Waals surface area (Å²) in [5.41, 5.74) is 10.9. The lowest BCUT2D eigenvalue weighted by molar-refractivity contribution is -0.147. The molecule has 13 N–H and O–H groups in total. The Balaban J connectivity index is 5.17. The summed E-state index contributed by atoms with van der Waals surface area (Å²) in [7, 11) is 0. The van der Waals surface area contributed by atoms with Crippen LogP contribution in [0.4, 0.5) is 0 Å². The zero-order valence-electron chi connectivity index (χ0n) is 22.2. The van der Waals surface area contributed by atoms with Crippen LogP contribution in [0.3, 0.4) is 0 Å². The summed E-state index contributed by atoms with van der Waals surface area (Å²) < 4.78 is 0. The van der Waals surface area contributed by atoms with Crippen molar-refractivity contribution in [3.05, 3.63) is 0 Å². The van der Waals surface area contributed by atoms with Crippen LogP contribution in [-0.2, 0) is 33.6 Å². The van der Waals surface area contributed by atoms with Crippen LogP contribution in [0.2, 0.25) is 0 Å². The maximum absolute atomic E-state index is 12.7. The third-order valence-corrected chi connectivity index (χ3v) is 5.43. The predicted octanol–water partition coefficient (Wildman–Crippen LogP) is -5.55. The van der Waals surface area contributed by atoms with Crippen LogP contribution in [0, 0.1) is 0 Å². The van der Waals surface area contributed by atoms with Gasteiger partial charge in [0.25, 0.3) is 0 Å². The molecule has 0 radical (unpaired) electrons. The standard InChI is InChI=1S/C22H39N7O11/c1-10(17(34)25-11(2)18(35)28-14(22(39)40)7-16(32)33)26-21(38)15(9-31)29-20(37)13(5-3-4-6-23)27-19(36)12(24)8-30/h10-15,30-31H,3-9,23-24H2,1-2H3,(H,25,34)(H,26,38)(H,27,36)(H,28,35)(H,29,37)(H,32,33)(H,39,40)/t10-,11-,12-,13-,14-,15-/m0/s1. The zero-order valence-corrected chi connectivity index (χ0v) is 22.2. The van der Waals surface area contributed by atoms with Gasteiger partial charge in [-0.25, -0.2) is 4.79 Å². The fraction of sp³-hybridized carbons (Fsp3) is 0.682. The molecule has 18 heteroatoms. The monoisotopic (exact) mass is 577 g/mol. The average Bonchev–Trinajstić information content (AvgIpc) is 2.89. The smallest absolute Gasteiger partial charge is 0.326 e. The number of aliphatic hydroxyl groups is 2. The quantitative estimate of drug-likeness (QED) is 0.0639. The fourth-order valence-corrected chi connectivity index (χ4v) is 3.04. The minimum absolute atomic E-state index is 0.112. The van der Waals surface area contributed by atoms with E-state index in [9.17, 15) is 38.7 Å². The molecule has 0 aromatic rings. The number of amides is 5. The van der Waals surface area contributed by atoms with Crippen LogP contribution < -0.4 is 38.1 Å². The van der Waals surface area contributed by atoms with Crippen LogP contribution in [0.1, 0.15) is 39.5 Å². The fourth-order valence-electron chi connectivity index (χ4n) is 3.04. The molecule has 0 saturated heterocycles. The van der Waals surface area contributed by atoms with E-state index in [1.54, 1.807) is 0 Å². The summed E-state index contributed by atoms with van der Waals surface area (Å²) in [6, 6.07) is -8.37. The molecule has 0 aromatic heterocycles. The lowest BCUT2D eigenvalue weighted by Gasteiger charge is -2.24. The number of carboxylic acids is 2. The largest absolute Gasteiger partial charge is 0.481 e. The minimum atomic E-state index is -1.74. The van der Waals surface area contributed by atoms with Gasteiger partial charge in [-0.15, -0.1) is 0 Å². The number of nitrogens with two attached hydrogens (primary N) is 2. The Bertz CT molecular complexity index is 918. The maximum Gasteiger partial charge on any atom is 0.326 e. The van der Waals surface area contributed by atoms with Crippen LogP contribution in [0.5, 0.6) is 0 Å². The number of rotatable bonds is 19. The number of nitrogens with one attached hydrogen (secondary N) is 5. The van der Waals surface area contributed by atoms with Crippen molar-refractivity contribution in [2.24, 2.45) is 11.5 Å². The number of carbonyl (C=O) groups is 7. The van der Waals surface area contributed by atoms with Gasteiger partial charge in [0.2, 0.25) is 29.5 Å². The van der Waals surface area contributed by atoms with Crippen molar-refractivity contribution >= 4 is 41.5 Å². The molecule has 228 valence electrons. The van der Waals surface area contributed by atoms with E-state index in [1.165, 1.54) is 13.8 Å². The van der Waals surface area contributed by atoms with Gasteiger partial charge >= 0.3 is 11.9 Å². The Morgan fingerprint density at radius 1 is 0.650 bits per heavy atom. The first kappa shape index (κ1) is 36.1. The third-order valence-electron chi connectivity index (χ3n) is 5.43. The number of unbranched alkanes of at least 4 members (excludes halogenated alkanes) is 1. The second-order valence-corrected chi connectivity index (χ2v) is 8.84. The van der Waals surface area contributed by atoms with E-state index in [0.717, 1.165) is 0 Å². The molecule has 0 aliphatic rings. The number of aliphatic carboxylic acids is 2. The Morgan fingerprint density at radius 3 is 1.60 bits per heavy atom. The molecule has 5 amide bonds. The van der Waals surface area contributed by atoms with Crippen molar-refractivity contribution in [1.29, 1.82) is 0 Å². The summed E-state index contributed by atoms with van der Waals surface area (Å²) >= 11 is 0. The van der Waals surface area contributed by atoms with E-state index in [2.05, 4.69) is 21.3 Å². The number of carboxylic acid groups (broad SMARTS) is 2. The highest BCUT2D eigenvalue weighted by atomic mass is 16.4. The maximum atomic E-state index is 12.7. The van der Waals surface area contributed by atoms with Crippen LogP contribution >= 0.6 is 0 Å². The van der Waals surface area contributed by atoms with Gasteiger partial charge in [0.15, 0.2) is 0 Å². The summed E-state index contributed by atoms with van der Waals surface area (Å²) in [4.78, 5) is 83.9. The van der Waals surface area contributed by atoms with E-state index in [1.807, 2.05) is 5.32 Å². The minimum Gasteiger partial charge on any atom is -0.481 e. The van der Waals surface area contributed by atoms with Crippen molar-refractivity contribution < 1.29 is 54.0 Å². The molecule has 0 saturated carbocycles. The van der Waals surface area contributed by atoms with Crippen molar-refractivity contribution in [2.75, 3.05) is 19.8 Å². The van der Waals surface area contributed by atoms with E-state index in [-0.39, 0.29) is 6.42 Å². The van der Waals surface area contributed by atoms with E-state index in [4.69, 9.17) is 26.8 Å². The molecule has 18 nitrogen and oxygen atoms in total. The molecular weight excluding hydrogens is 538 g/mol. The van der Waals surface area contributed by atoms with Gasteiger partial charge in [-0.05, 0) is 39.7 Å². The molecule has 0 aliphatic heterocycles. The highest BCUT2D eigenvalue weighted by Crippen LogP contribution is 2.03. The second-order valence-electron chi connectivity index (χ2n) is 8.84. The molecule has 0 bridgehead atoms. The molecule has 0 aromatic carbocycles. The molecule has 6 atom stereocenters. The zero-order chi connectivity index (χ0) is 31.0. The van der Waals surface area contributed by atoms with Crippen molar-refractivity contribution in [3.8, 4) is 0 Å². The summed E-state index contributed by atoms with van der Waals surface area (Å²) in [6.45, 7) is 1.19. The third kappa shape index (κ3) is 13.3. The van der Waals surface area contributed by atoms with Crippen LogP contribution in [0.15, 0.2) is 0 Å². The van der Waals surface area contributed by atoms with Gasteiger partial charge in [-0.1, -0.05) is 0 Å². The van der Waals surface area contributed by atoms with Gasteiger partial charge in [-0.3, -0.25) is 28.8 Å². The molecule has 0 fully saturated rings. The summed E-state index contributed by atoms with van der Waals surface area (Å²) in [5.74, 6) is -7.60. The predicted molar refractivity (Wildman–Crippen MR) is 136 cm³/mol. The molecule has 0 aliphatic carbocycles. The van der Waals surface area contributed by atoms with E-state index in [0.29, 0.717) is 19.4 Å². The van der Waals surface area contributed by atoms with Crippen molar-refractivity contribution in [2.45, 2.75) is 75.8 Å². The number of aliphatic hydroxyl groups excluding tert-OH is 2. The van der Waals surface area contributed by atoms with Gasteiger partial charge in [-0.2, -0.15) is 0 Å². The molecule has 0 spiro atoms. The number of carbonyl (C=O) groups excluding carboxylic acids is 5. The molecule has 0 rings (SSSR count). The van der Waals surface area contributed by atoms with Crippen molar-refractivity contribution in [3.63, 3.8) is 0 Å². The topological polar surface area (TPSA) is 313 Å². The first-order chi connectivity index (χ1) is 18.7. The summed E-state index contributed by atoms with van der Waals surface area (Å²) in [6.07, 6.45) is 0.163. The normalized spacial score (nSPS) is 15.2.